The van der Waals surface area contributed by atoms with Crippen LogP contribution in [0.25, 0.3) is 0 Å². The van der Waals surface area contributed by atoms with Crippen LogP contribution in [0.4, 0.5) is 0 Å². The van der Waals surface area contributed by atoms with Crippen LogP contribution in [0.5, 0.6) is 0 Å². The Morgan fingerprint density at radius 3 is 2.90 bits per heavy atom. The Balaban J connectivity index is 1.97. The molecule has 1 aliphatic heterocycles. The first-order valence-electron chi connectivity index (χ1n) is 7.69. The minimum Gasteiger partial charge on any atom is -0.374 e. The van der Waals surface area contributed by atoms with E-state index in [1.165, 1.54) is 0 Å². The summed E-state index contributed by atoms with van der Waals surface area (Å²) in [6.07, 6.45) is 3.23. The monoisotopic (exact) mass is 280 g/mol. The number of nitrogens with zero attached hydrogens (tertiary/aromatic N) is 3. The lowest BCUT2D eigenvalue weighted by molar-refractivity contribution is -0.0437. The second-order valence-corrected chi connectivity index (χ2v) is 5.78. The Bertz CT molecular complexity index is 404. The lowest BCUT2D eigenvalue weighted by Gasteiger charge is -2.36. The van der Waals surface area contributed by atoms with Gasteiger partial charge in [0.05, 0.1) is 18.4 Å². The van der Waals surface area contributed by atoms with Crippen LogP contribution in [0.2, 0.25) is 0 Å². The van der Waals surface area contributed by atoms with E-state index >= 15 is 0 Å². The molecule has 1 aromatic rings. The molecule has 114 valence electrons. The van der Waals surface area contributed by atoms with Crippen LogP contribution >= 0.6 is 0 Å². The maximum atomic E-state index is 5.95. The van der Waals surface area contributed by atoms with Gasteiger partial charge in [-0.3, -0.25) is 9.58 Å². The third-order valence-electron chi connectivity index (χ3n) is 4.07. The summed E-state index contributed by atoms with van der Waals surface area (Å²) < 4.78 is 7.97. The smallest absolute Gasteiger partial charge is 0.0859 e. The van der Waals surface area contributed by atoms with E-state index in [9.17, 15) is 0 Å². The molecule has 0 radical (unpaired) electrons. The van der Waals surface area contributed by atoms with E-state index in [0.717, 1.165) is 38.4 Å². The minimum absolute atomic E-state index is 0.248. The fourth-order valence-corrected chi connectivity index (χ4v) is 2.68. The van der Waals surface area contributed by atoms with Crippen LogP contribution in [0.15, 0.2) is 12.3 Å². The molecular weight excluding hydrogens is 252 g/mol. The van der Waals surface area contributed by atoms with Crippen molar-refractivity contribution in [3.05, 3.63) is 18.0 Å². The summed E-state index contributed by atoms with van der Waals surface area (Å²) in [5, 5.41) is 8.04. The van der Waals surface area contributed by atoms with Crippen LogP contribution in [-0.4, -0.2) is 60.1 Å². The van der Waals surface area contributed by atoms with Crippen molar-refractivity contribution in [1.29, 1.82) is 0 Å². The molecule has 2 heterocycles. The van der Waals surface area contributed by atoms with Gasteiger partial charge in [0, 0.05) is 37.8 Å². The molecule has 0 saturated carbocycles. The van der Waals surface area contributed by atoms with Gasteiger partial charge in [0.2, 0.25) is 0 Å². The number of morpholine rings is 1. The zero-order valence-electron chi connectivity index (χ0n) is 13.2. The number of ether oxygens (including phenoxy) is 1. The van der Waals surface area contributed by atoms with E-state index < -0.39 is 0 Å². The molecule has 2 unspecified atom stereocenters. The second-order valence-electron chi connectivity index (χ2n) is 5.78. The van der Waals surface area contributed by atoms with Gasteiger partial charge < -0.3 is 10.1 Å². The highest BCUT2D eigenvalue weighted by Gasteiger charge is 2.27. The maximum absolute atomic E-state index is 5.95. The van der Waals surface area contributed by atoms with E-state index in [1.807, 2.05) is 11.7 Å². The van der Waals surface area contributed by atoms with Crippen molar-refractivity contribution in [3.63, 3.8) is 0 Å². The Hall–Kier alpha value is -0.910. The normalized spacial score (nSPS) is 22.4. The van der Waals surface area contributed by atoms with Gasteiger partial charge in [-0.05, 0) is 33.5 Å². The van der Waals surface area contributed by atoms with E-state index in [-0.39, 0.29) is 6.10 Å². The largest absolute Gasteiger partial charge is 0.374 e. The molecule has 2 rings (SSSR count). The fourth-order valence-electron chi connectivity index (χ4n) is 2.68. The summed E-state index contributed by atoms with van der Waals surface area (Å²) in [5.41, 5.74) is 1.13. The van der Waals surface area contributed by atoms with Gasteiger partial charge in [-0.1, -0.05) is 6.92 Å². The molecule has 5 nitrogen and oxygen atoms in total. The Morgan fingerprint density at radius 2 is 2.30 bits per heavy atom. The van der Waals surface area contributed by atoms with Crippen molar-refractivity contribution in [1.82, 2.24) is 20.0 Å². The number of hydrogen-bond donors (Lipinski definition) is 1. The van der Waals surface area contributed by atoms with Gasteiger partial charge in [-0.15, -0.1) is 0 Å². The van der Waals surface area contributed by atoms with Crippen LogP contribution in [0.1, 0.15) is 32.5 Å². The van der Waals surface area contributed by atoms with Crippen LogP contribution in [0.3, 0.4) is 0 Å². The van der Waals surface area contributed by atoms with E-state index in [4.69, 9.17) is 4.74 Å². The lowest BCUT2D eigenvalue weighted by Crippen LogP contribution is -2.52. The van der Waals surface area contributed by atoms with Gasteiger partial charge in [-0.2, -0.15) is 5.10 Å². The maximum Gasteiger partial charge on any atom is 0.0859 e. The average molecular weight is 280 g/mol. The SMILES string of the molecule is CCN1CCOC(C(Cc2ccn(C(C)C)n2)NC)C1. The fraction of sp³-hybridized carbons (Fsp3) is 0.800. The zero-order valence-corrected chi connectivity index (χ0v) is 13.2. The van der Waals surface area contributed by atoms with Crippen molar-refractivity contribution in [3.8, 4) is 0 Å². The molecule has 2 atom stereocenters. The van der Waals surface area contributed by atoms with Crippen LogP contribution in [-0.2, 0) is 11.2 Å². The average Bonchev–Trinajstić information content (AvgIpc) is 2.93. The summed E-state index contributed by atoms with van der Waals surface area (Å²) in [7, 11) is 2.01. The van der Waals surface area contributed by atoms with Crippen molar-refractivity contribution < 1.29 is 4.74 Å². The van der Waals surface area contributed by atoms with Gasteiger partial charge >= 0.3 is 0 Å². The highest BCUT2D eigenvalue weighted by molar-refractivity contribution is 5.03. The van der Waals surface area contributed by atoms with Crippen LogP contribution in [0, 0.1) is 0 Å². The molecular formula is C15H28N4O. The molecule has 0 aliphatic carbocycles. The number of hydrogen-bond acceptors (Lipinski definition) is 4. The summed E-state index contributed by atoms with van der Waals surface area (Å²) in [6, 6.07) is 2.85. The molecule has 5 heteroatoms. The summed E-state index contributed by atoms with van der Waals surface area (Å²) in [4.78, 5) is 2.45. The number of aromatic nitrogens is 2. The molecule has 20 heavy (non-hydrogen) atoms. The highest BCUT2D eigenvalue weighted by Crippen LogP contribution is 2.13. The molecule has 1 N–H and O–H groups in total. The quantitative estimate of drug-likeness (QED) is 0.853. The Morgan fingerprint density at radius 1 is 1.50 bits per heavy atom. The number of rotatable bonds is 6. The van der Waals surface area contributed by atoms with Crippen molar-refractivity contribution >= 4 is 0 Å². The molecule has 0 amide bonds. The third kappa shape index (κ3) is 3.81. The minimum atomic E-state index is 0.248. The molecule has 1 aliphatic rings. The van der Waals surface area contributed by atoms with Gasteiger partial charge in [-0.25, -0.2) is 0 Å². The molecule has 1 aromatic heterocycles. The van der Waals surface area contributed by atoms with E-state index in [1.54, 1.807) is 0 Å². The van der Waals surface area contributed by atoms with Crippen molar-refractivity contribution in [2.75, 3.05) is 33.3 Å². The van der Waals surface area contributed by atoms with E-state index in [2.05, 4.69) is 48.3 Å². The van der Waals surface area contributed by atoms with Crippen molar-refractivity contribution in [2.24, 2.45) is 0 Å². The first kappa shape index (κ1) is 15.5. The first-order chi connectivity index (χ1) is 9.63. The number of nitrogens with one attached hydrogen (secondary N) is 1. The molecule has 1 saturated heterocycles. The van der Waals surface area contributed by atoms with Gasteiger partial charge in [0.25, 0.3) is 0 Å². The molecule has 1 fully saturated rings. The predicted octanol–water partition coefficient (Wildman–Crippen LogP) is 1.32. The number of likely N-dealkylation sites (N-methyl/N-ethyl adjacent to an activating group) is 2. The topological polar surface area (TPSA) is 42.3 Å². The van der Waals surface area contributed by atoms with Crippen LogP contribution < -0.4 is 5.32 Å². The Labute approximate surface area is 122 Å². The van der Waals surface area contributed by atoms with Gasteiger partial charge in [0.15, 0.2) is 0 Å². The predicted molar refractivity (Wildman–Crippen MR) is 81.0 cm³/mol. The van der Waals surface area contributed by atoms with Crippen molar-refractivity contribution in [2.45, 2.75) is 45.4 Å². The summed E-state index contributed by atoms with van der Waals surface area (Å²) in [6.45, 7) is 10.5. The summed E-state index contributed by atoms with van der Waals surface area (Å²) >= 11 is 0. The Kier molecular flexibility index (Phi) is 5.57. The van der Waals surface area contributed by atoms with E-state index in [0.29, 0.717) is 12.1 Å². The molecule has 0 aromatic carbocycles. The zero-order chi connectivity index (χ0) is 14.5. The standard InChI is InChI=1S/C15H28N4O/c1-5-18-8-9-20-15(11-18)14(16-4)10-13-6-7-19(17-13)12(2)3/h6-7,12,14-16H,5,8-11H2,1-4H3. The second kappa shape index (κ2) is 7.20. The highest BCUT2D eigenvalue weighted by atomic mass is 16.5. The summed E-state index contributed by atoms with van der Waals surface area (Å²) in [5.74, 6) is 0. The van der Waals surface area contributed by atoms with Gasteiger partial charge in [0.1, 0.15) is 0 Å². The first-order valence-corrected chi connectivity index (χ1v) is 7.69. The lowest BCUT2D eigenvalue weighted by atomic mass is 10.0. The molecule has 0 spiro atoms. The molecule has 0 bridgehead atoms. The third-order valence-corrected chi connectivity index (χ3v) is 4.07.